The molecule has 3 rings (SSSR count). The molecule has 29 heavy (non-hydrogen) atoms. The molecule has 9 heteroatoms. The average Bonchev–Trinajstić information content (AvgIpc) is 3.45. The lowest BCUT2D eigenvalue weighted by molar-refractivity contribution is -0.153. The van der Waals surface area contributed by atoms with Crippen molar-refractivity contribution in [3.63, 3.8) is 0 Å². The Balaban J connectivity index is 1.43. The van der Waals surface area contributed by atoms with Crippen LogP contribution < -0.4 is 14.8 Å². The van der Waals surface area contributed by atoms with Gasteiger partial charge in [0.1, 0.15) is 17.3 Å². The molecule has 156 valence electrons. The fraction of sp³-hybridized carbons (Fsp3) is 0.400. The van der Waals surface area contributed by atoms with E-state index in [4.69, 9.17) is 4.74 Å². The van der Waals surface area contributed by atoms with Gasteiger partial charge in [-0.15, -0.1) is 0 Å². The predicted octanol–water partition coefficient (Wildman–Crippen LogP) is 4.05. The quantitative estimate of drug-likeness (QED) is 0.665. The van der Waals surface area contributed by atoms with Gasteiger partial charge in [0.15, 0.2) is 6.61 Å². The molecule has 0 aliphatic heterocycles. The number of alkyl halides is 3. The number of halogens is 4. The zero-order valence-corrected chi connectivity index (χ0v) is 15.6. The van der Waals surface area contributed by atoms with Gasteiger partial charge in [-0.05, 0) is 49.7 Å². The summed E-state index contributed by atoms with van der Waals surface area (Å²) < 4.78 is 59.5. The second kappa shape index (κ2) is 8.67. The number of benzene rings is 1. The van der Waals surface area contributed by atoms with Crippen molar-refractivity contribution in [3.05, 3.63) is 54.1 Å². The lowest BCUT2D eigenvalue weighted by Crippen LogP contribution is -2.29. The first-order valence-corrected chi connectivity index (χ1v) is 9.05. The highest BCUT2D eigenvalue weighted by molar-refractivity contribution is 5.81. The number of hydrogen-bond donors (Lipinski definition) is 1. The number of hydrogen-bond acceptors (Lipinski definition) is 4. The molecule has 0 bridgehead atoms. The maximum atomic E-state index is 12.9. The topological polar surface area (TPSA) is 60.5 Å². The number of nitrogens with zero attached hydrogens (tertiary/aromatic N) is 1. The Morgan fingerprint density at radius 2 is 1.86 bits per heavy atom. The van der Waals surface area contributed by atoms with E-state index in [-0.39, 0.29) is 29.3 Å². The molecule has 2 aromatic rings. The van der Waals surface area contributed by atoms with Gasteiger partial charge in [0, 0.05) is 11.8 Å². The van der Waals surface area contributed by atoms with Crippen LogP contribution in [0.1, 0.15) is 25.1 Å². The summed E-state index contributed by atoms with van der Waals surface area (Å²) in [4.78, 5) is 16.4. The molecular formula is C20H20F4N2O3. The second-order valence-corrected chi connectivity index (χ2v) is 6.92. The van der Waals surface area contributed by atoms with E-state index in [1.165, 1.54) is 42.6 Å². The Kier molecular flexibility index (Phi) is 6.24. The van der Waals surface area contributed by atoms with Crippen molar-refractivity contribution < 1.29 is 31.8 Å². The number of carbonyl (C=O) groups excluding carboxylic acids is 1. The highest BCUT2D eigenvalue weighted by atomic mass is 19.4. The van der Waals surface area contributed by atoms with Gasteiger partial charge >= 0.3 is 6.18 Å². The van der Waals surface area contributed by atoms with Crippen molar-refractivity contribution in [3.8, 4) is 11.5 Å². The summed E-state index contributed by atoms with van der Waals surface area (Å²) in [7, 11) is 0. The molecule has 0 radical (unpaired) electrons. The van der Waals surface area contributed by atoms with E-state index < -0.39 is 18.8 Å². The van der Waals surface area contributed by atoms with Crippen LogP contribution in [0.4, 0.5) is 17.6 Å². The Labute approximate surface area is 165 Å². The summed E-state index contributed by atoms with van der Waals surface area (Å²) in [5.41, 5.74) is 0.512. The van der Waals surface area contributed by atoms with Crippen LogP contribution in [0, 0.1) is 17.7 Å². The summed E-state index contributed by atoms with van der Waals surface area (Å²) in [6.07, 6.45) is -2.53. The van der Waals surface area contributed by atoms with E-state index in [1.54, 1.807) is 6.92 Å². The SMILES string of the molecule is CC(NC(=O)[C@@H]1C[C@H]1COc1ccc(F)cc1)c1ccc(OCC(F)(F)F)cn1. The summed E-state index contributed by atoms with van der Waals surface area (Å²) >= 11 is 0. The summed E-state index contributed by atoms with van der Waals surface area (Å²) in [6, 6.07) is 8.16. The summed E-state index contributed by atoms with van der Waals surface area (Å²) in [5.74, 6) is -0.0220. The van der Waals surface area contributed by atoms with Crippen LogP contribution in [0.5, 0.6) is 11.5 Å². The molecule has 3 atom stereocenters. The van der Waals surface area contributed by atoms with Gasteiger partial charge in [-0.3, -0.25) is 9.78 Å². The zero-order valence-electron chi connectivity index (χ0n) is 15.6. The molecule has 1 amide bonds. The zero-order chi connectivity index (χ0) is 21.0. The minimum atomic E-state index is -4.42. The molecule has 1 aliphatic carbocycles. The number of aromatic nitrogens is 1. The molecule has 1 aromatic heterocycles. The largest absolute Gasteiger partial charge is 0.493 e. The number of ether oxygens (including phenoxy) is 2. The molecule has 1 aliphatic rings. The van der Waals surface area contributed by atoms with Crippen molar-refractivity contribution in [2.45, 2.75) is 25.6 Å². The standard InChI is InChI=1S/C20H20F4N2O3/c1-12(18-7-6-16(9-25-18)29-11-20(22,23)24)26-19(27)17-8-13(17)10-28-15-4-2-14(21)3-5-15/h2-7,9,12-13,17H,8,10-11H2,1H3,(H,26,27)/t12?,13-,17+/m0/s1. The van der Waals surface area contributed by atoms with Gasteiger partial charge < -0.3 is 14.8 Å². The van der Waals surface area contributed by atoms with Gasteiger partial charge in [-0.2, -0.15) is 13.2 Å². The van der Waals surface area contributed by atoms with Crippen molar-refractivity contribution in [2.75, 3.05) is 13.2 Å². The number of pyridine rings is 1. The molecule has 5 nitrogen and oxygen atoms in total. The molecule has 1 fully saturated rings. The third-order valence-electron chi connectivity index (χ3n) is 4.50. The monoisotopic (exact) mass is 412 g/mol. The molecule has 1 heterocycles. The smallest absolute Gasteiger partial charge is 0.422 e. The molecule has 0 spiro atoms. The van der Waals surface area contributed by atoms with E-state index in [0.29, 0.717) is 24.5 Å². The first kappa shape index (κ1) is 20.9. The van der Waals surface area contributed by atoms with E-state index in [0.717, 1.165) is 0 Å². The molecule has 1 saturated carbocycles. The van der Waals surface area contributed by atoms with E-state index in [9.17, 15) is 22.4 Å². The van der Waals surface area contributed by atoms with Crippen LogP contribution >= 0.6 is 0 Å². The summed E-state index contributed by atoms with van der Waals surface area (Å²) in [5, 5.41) is 2.84. The normalized spacial score (nSPS) is 19.3. The van der Waals surface area contributed by atoms with Gasteiger partial charge in [0.05, 0.1) is 24.5 Å². The molecular weight excluding hydrogens is 392 g/mol. The van der Waals surface area contributed by atoms with Crippen LogP contribution in [0.25, 0.3) is 0 Å². The molecule has 1 unspecified atom stereocenters. The Morgan fingerprint density at radius 1 is 1.17 bits per heavy atom. The van der Waals surface area contributed by atoms with E-state index >= 15 is 0 Å². The number of rotatable bonds is 8. The summed E-state index contributed by atoms with van der Waals surface area (Å²) in [6.45, 7) is 0.716. The van der Waals surface area contributed by atoms with Crippen LogP contribution in [-0.2, 0) is 4.79 Å². The highest BCUT2D eigenvalue weighted by Gasteiger charge is 2.43. The Morgan fingerprint density at radius 3 is 2.48 bits per heavy atom. The van der Waals surface area contributed by atoms with Gasteiger partial charge in [0.2, 0.25) is 5.91 Å². The van der Waals surface area contributed by atoms with Crippen molar-refractivity contribution >= 4 is 5.91 Å². The molecule has 1 aromatic carbocycles. The number of nitrogens with one attached hydrogen (secondary N) is 1. The predicted molar refractivity (Wildman–Crippen MR) is 95.8 cm³/mol. The van der Waals surface area contributed by atoms with E-state index in [2.05, 4.69) is 15.0 Å². The Hall–Kier alpha value is -2.84. The van der Waals surface area contributed by atoms with Crippen molar-refractivity contribution in [1.29, 1.82) is 0 Å². The number of amides is 1. The van der Waals surface area contributed by atoms with Crippen LogP contribution in [-0.4, -0.2) is 30.3 Å². The van der Waals surface area contributed by atoms with Gasteiger partial charge in [0.25, 0.3) is 0 Å². The fourth-order valence-corrected chi connectivity index (χ4v) is 2.78. The average molecular weight is 412 g/mol. The second-order valence-electron chi connectivity index (χ2n) is 6.92. The van der Waals surface area contributed by atoms with Crippen molar-refractivity contribution in [1.82, 2.24) is 10.3 Å². The van der Waals surface area contributed by atoms with Crippen LogP contribution in [0.2, 0.25) is 0 Å². The van der Waals surface area contributed by atoms with E-state index in [1.807, 2.05) is 0 Å². The van der Waals surface area contributed by atoms with Crippen LogP contribution in [0.15, 0.2) is 42.6 Å². The first-order valence-electron chi connectivity index (χ1n) is 9.05. The van der Waals surface area contributed by atoms with Gasteiger partial charge in [-0.1, -0.05) is 0 Å². The minimum absolute atomic E-state index is 0.00444. The third kappa shape index (κ3) is 6.33. The maximum Gasteiger partial charge on any atom is 0.422 e. The van der Waals surface area contributed by atoms with Gasteiger partial charge in [-0.25, -0.2) is 4.39 Å². The minimum Gasteiger partial charge on any atom is -0.493 e. The van der Waals surface area contributed by atoms with Crippen LogP contribution in [0.3, 0.4) is 0 Å². The molecule has 0 saturated heterocycles. The third-order valence-corrected chi connectivity index (χ3v) is 4.50. The Bertz CT molecular complexity index is 825. The first-order chi connectivity index (χ1) is 13.7. The number of carbonyl (C=O) groups is 1. The maximum absolute atomic E-state index is 12.9. The lowest BCUT2D eigenvalue weighted by Gasteiger charge is -2.14. The fourth-order valence-electron chi connectivity index (χ4n) is 2.78. The van der Waals surface area contributed by atoms with Crippen molar-refractivity contribution in [2.24, 2.45) is 11.8 Å². The highest BCUT2D eigenvalue weighted by Crippen LogP contribution is 2.39. The molecule has 1 N–H and O–H groups in total. The lowest BCUT2D eigenvalue weighted by atomic mass is 10.2.